The first-order chi connectivity index (χ1) is 8.55. The minimum Gasteiger partial charge on any atom is -0.340 e. The van der Waals surface area contributed by atoms with Gasteiger partial charge in [-0.3, -0.25) is 9.59 Å². The predicted molar refractivity (Wildman–Crippen MR) is 73.5 cm³/mol. The summed E-state index contributed by atoms with van der Waals surface area (Å²) in [7, 11) is 0. The molecule has 2 atom stereocenters. The van der Waals surface area contributed by atoms with E-state index in [4.69, 9.17) is 0 Å². The fourth-order valence-electron chi connectivity index (χ4n) is 2.58. The van der Waals surface area contributed by atoms with Crippen LogP contribution >= 0.6 is 11.8 Å². The lowest BCUT2D eigenvalue weighted by atomic mass is 9.94. The lowest BCUT2D eigenvalue weighted by molar-refractivity contribution is -0.149. The molecule has 2 fully saturated rings. The smallest absolute Gasteiger partial charge is 0.248 e. The number of piperazine rings is 1. The molecule has 2 saturated heterocycles. The number of nitrogens with one attached hydrogen (secondary N) is 1. The third-order valence-corrected chi connectivity index (χ3v) is 5.29. The van der Waals surface area contributed by atoms with E-state index in [1.165, 1.54) is 25.0 Å². The van der Waals surface area contributed by atoms with Gasteiger partial charge in [0, 0.05) is 11.8 Å². The highest BCUT2D eigenvalue weighted by atomic mass is 32.2. The van der Waals surface area contributed by atoms with Gasteiger partial charge in [0.15, 0.2) is 0 Å². The Balaban J connectivity index is 2.02. The Morgan fingerprint density at radius 2 is 2.22 bits per heavy atom. The van der Waals surface area contributed by atoms with E-state index in [9.17, 15) is 9.59 Å². The molecule has 2 aliphatic rings. The van der Waals surface area contributed by atoms with Crippen LogP contribution in [0.15, 0.2) is 0 Å². The second-order valence-corrected chi connectivity index (χ2v) is 6.82. The minimum atomic E-state index is -0.700. The molecule has 0 aromatic rings. The van der Waals surface area contributed by atoms with Crippen LogP contribution in [0.1, 0.15) is 39.5 Å². The van der Waals surface area contributed by atoms with E-state index in [2.05, 4.69) is 5.32 Å². The molecule has 2 amide bonds. The minimum absolute atomic E-state index is 0.0280. The maximum Gasteiger partial charge on any atom is 0.248 e. The Morgan fingerprint density at radius 1 is 1.44 bits per heavy atom. The molecule has 2 unspecified atom stereocenters. The molecular weight excluding hydrogens is 248 g/mol. The van der Waals surface area contributed by atoms with Crippen molar-refractivity contribution in [1.82, 2.24) is 10.2 Å². The summed E-state index contributed by atoms with van der Waals surface area (Å²) in [6, 6.07) is 0. The van der Waals surface area contributed by atoms with Crippen molar-refractivity contribution in [3.8, 4) is 0 Å². The van der Waals surface area contributed by atoms with Gasteiger partial charge in [-0.2, -0.15) is 11.8 Å². The largest absolute Gasteiger partial charge is 0.340 e. The zero-order valence-corrected chi connectivity index (χ0v) is 12.0. The van der Waals surface area contributed by atoms with E-state index < -0.39 is 5.54 Å². The lowest BCUT2D eigenvalue weighted by Crippen LogP contribution is -2.65. The van der Waals surface area contributed by atoms with Crippen LogP contribution in [0.25, 0.3) is 0 Å². The SMILES string of the molecule is CCC1(C)NC(=O)CN(CC2CCCCS2)C1=O. The summed E-state index contributed by atoms with van der Waals surface area (Å²) in [4.78, 5) is 25.9. The second-order valence-electron chi connectivity index (χ2n) is 5.41. The zero-order valence-electron chi connectivity index (χ0n) is 11.2. The van der Waals surface area contributed by atoms with Gasteiger partial charge in [-0.05, 0) is 31.9 Å². The Morgan fingerprint density at radius 3 is 2.83 bits per heavy atom. The van der Waals surface area contributed by atoms with Crippen LogP contribution in [0.3, 0.4) is 0 Å². The Hall–Kier alpha value is -0.710. The molecule has 1 N–H and O–H groups in total. The number of nitrogens with zero attached hydrogens (tertiary/aromatic N) is 1. The van der Waals surface area contributed by atoms with E-state index in [1.54, 1.807) is 4.90 Å². The zero-order chi connectivity index (χ0) is 13.2. The van der Waals surface area contributed by atoms with Gasteiger partial charge >= 0.3 is 0 Å². The van der Waals surface area contributed by atoms with Crippen molar-refractivity contribution in [1.29, 1.82) is 0 Å². The second kappa shape index (κ2) is 5.51. The number of hydrogen-bond acceptors (Lipinski definition) is 3. The molecule has 4 nitrogen and oxygen atoms in total. The molecule has 102 valence electrons. The average Bonchev–Trinajstić information content (AvgIpc) is 2.37. The van der Waals surface area contributed by atoms with Crippen LogP contribution in [0.5, 0.6) is 0 Å². The first-order valence-electron chi connectivity index (χ1n) is 6.77. The average molecular weight is 270 g/mol. The van der Waals surface area contributed by atoms with Crippen molar-refractivity contribution in [3.63, 3.8) is 0 Å². The number of amides is 2. The molecule has 0 saturated carbocycles. The first-order valence-corrected chi connectivity index (χ1v) is 7.82. The third kappa shape index (κ3) is 2.82. The summed E-state index contributed by atoms with van der Waals surface area (Å²) in [5.74, 6) is 1.24. The van der Waals surface area contributed by atoms with Gasteiger partial charge < -0.3 is 10.2 Å². The van der Waals surface area contributed by atoms with Crippen molar-refractivity contribution in [2.75, 3.05) is 18.8 Å². The molecule has 5 heteroatoms. The van der Waals surface area contributed by atoms with Gasteiger partial charge in [0.1, 0.15) is 5.54 Å². The monoisotopic (exact) mass is 270 g/mol. The lowest BCUT2D eigenvalue weighted by Gasteiger charge is -2.40. The van der Waals surface area contributed by atoms with Crippen molar-refractivity contribution in [3.05, 3.63) is 0 Å². The summed E-state index contributed by atoms with van der Waals surface area (Å²) in [6.07, 6.45) is 4.34. The van der Waals surface area contributed by atoms with Crippen LogP contribution in [0, 0.1) is 0 Å². The predicted octanol–water partition coefficient (Wildman–Crippen LogP) is 1.40. The van der Waals surface area contributed by atoms with Gasteiger partial charge in [-0.1, -0.05) is 13.3 Å². The van der Waals surface area contributed by atoms with E-state index in [1.807, 2.05) is 25.6 Å². The molecule has 0 aromatic heterocycles. The van der Waals surface area contributed by atoms with E-state index >= 15 is 0 Å². The number of hydrogen-bond donors (Lipinski definition) is 1. The normalized spacial score (nSPS) is 33.4. The van der Waals surface area contributed by atoms with Crippen LogP contribution in [-0.4, -0.2) is 46.3 Å². The highest BCUT2D eigenvalue weighted by Gasteiger charge is 2.42. The molecule has 18 heavy (non-hydrogen) atoms. The fraction of sp³-hybridized carbons (Fsp3) is 0.846. The molecule has 0 aliphatic carbocycles. The Bertz CT molecular complexity index is 342. The summed E-state index contributed by atoms with van der Waals surface area (Å²) in [5, 5.41) is 3.33. The quantitative estimate of drug-likeness (QED) is 0.843. The number of rotatable bonds is 3. The topological polar surface area (TPSA) is 49.4 Å². The molecule has 0 spiro atoms. The number of carbonyl (C=O) groups excluding carboxylic acids is 2. The van der Waals surface area contributed by atoms with Crippen LogP contribution in [-0.2, 0) is 9.59 Å². The maximum absolute atomic E-state index is 12.4. The first kappa shape index (κ1) is 13.7. The molecule has 2 heterocycles. The maximum atomic E-state index is 12.4. The van der Waals surface area contributed by atoms with Gasteiger partial charge in [-0.15, -0.1) is 0 Å². The molecule has 0 bridgehead atoms. The summed E-state index contributed by atoms with van der Waals surface area (Å²) >= 11 is 1.94. The van der Waals surface area contributed by atoms with Crippen molar-refractivity contribution in [2.24, 2.45) is 0 Å². The molecule has 2 rings (SSSR count). The van der Waals surface area contributed by atoms with Crippen LogP contribution in [0.2, 0.25) is 0 Å². The molecular formula is C13H22N2O2S. The fourth-order valence-corrected chi connectivity index (χ4v) is 3.90. The van der Waals surface area contributed by atoms with E-state index in [0.717, 1.165) is 6.54 Å². The highest BCUT2D eigenvalue weighted by molar-refractivity contribution is 7.99. The van der Waals surface area contributed by atoms with Gasteiger partial charge in [-0.25, -0.2) is 0 Å². The van der Waals surface area contributed by atoms with Crippen molar-refractivity contribution >= 4 is 23.6 Å². The molecule has 0 radical (unpaired) electrons. The van der Waals surface area contributed by atoms with Crippen LogP contribution < -0.4 is 5.32 Å². The van der Waals surface area contributed by atoms with Crippen molar-refractivity contribution < 1.29 is 9.59 Å². The van der Waals surface area contributed by atoms with Crippen LogP contribution in [0.4, 0.5) is 0 Å². The number of carbonyl (C=O) groups is 2. The van der Waals surface area contributed by atoms with Gasteiger partial charge in [0.2, 0.25) is 11.8 Å². The van der Waals surface area contributed by atoms with Gasteiger partial charge in [0.05, 0.1) is 6.54 Å². The van der Waals surface area contributed by atoms with E-state index in [0.29, 0.717) is 11.7 Å². The summed E-state index contributed by atoms with van der Waals surface area (Å²) in [6.45, 7) is 4.72. The standard InChI is InChI=1S/C13H22N2O2S/c1-3-13(2)12(17)15(9-11(16)14-13)8-10-6-4-5-7-18-10/h10H,3-9H2,1-2H3,(H,14,16). The summed E-state index contributed by atoms with van der Waals surface area (Å²) < 4.78 is 0. The number of thioether (sulfide) groups is 1. The Labute approximate surface area is 113 Å². The Kier molecular flexibility index (Phi) is 4.20. The van der Waals surface area contributed by atoms with Gasteiger partial charge in [0.25, 0.3) is 0 Å². The van der Waals surface area contributed by atoms with E-state index in [-0.39, 0.29) is 18.4 Å². The molecule has 2 aliphatic heterocycles. The molecule has 0 aromatic carbocycles. The van der Waals surface area contributed by atoms with Crippen molar-refractivity contribution in [2.45, 2.75) is 50.3 Å². The highest BCUT2D eigenvalue weighted by Crippen LogP contribution is 2.27. The summed E-state index contributed by atoms with van der Waals surface area (Å²) in [5.41, 5.74) is -0.700. The third-order valence-electron chi connectivity index (χ3n) is 3.91.